The van der Waals surface area contributed by atoms with Crippen LogP contribution in [0.1, 0.15) is 12.8 Å². The Morgan fingerprint density at radius 1 is 1.30 bits per heavy atom. The molecule has 0 N–H and O–H groups in total. The molecule has 0 aromatic heterocycles. The number of rotatable bonds is 2. The van der Waals surface area contributed by atoms with Gasteiger partial charge in [-0.25, -0.2) is 0 Å². The van der Waals surface area contributed by atoms with Gasteiger partial charge in [-0.1, -0.05) is 30.9 Å². The highest BCUT2D eigenvalue weighted by Crippen LogP contribution is 2.33. The molecular weight excluding hydrogens is 120 g/mol. The molecule has 0 spiro atoms. The quantitative estimate of drug-likeness (QED) is 0.539. The maximum Gasteiger partial charge on any atom is -0.00885 e. The maximum absolute atomic E-state index is 4.02. The van der Waals surface area contributed by atoms with E-state index in [4.69, 9.17) is 0 Å². The molecule has 0 aromatic carbocycles. The van der Waals surface area contributed by atoms with Crippen molar-refractivity contribution in [1.29, 1.82) is 0 Å². The van der Waals surface area contributed by atoms with Crippen molar-refractivity contribution >= 4 is 0 Å². The lowest BCUT2D eigenvalue weighted by Crippen LogP contribution is -1.80. The van der Waals surface area contributed by atoms with Gasteiger partial charge in [0.05, 0.1) is 0 Å². The summed E-state index contributed by atoms with van der Waals surface area (Å²) >= 11 is 0. The van der Waals surface area contributed by atoms with Gasteiger partial charge in [-0.05, 0) is 29.6 Å². The van der Waals surface area contributed by atoms with Gasteiger partial charge >= 0.3 is 0 Å². The first kappa shape index (κ1) is 5.72. The molecule has 10 heavy (non-hydrogen) atoms. The molecule has 0 saturated carbocycles. The zero-order valence-corrected chi connectivity index (χ0v) is 5.93. The predicted molar refractivity (Wildman–Crippen MR) is 43.7 cm³/mol. The first-order valence-electron chi connectivity index (χ1n) is 3.62. The van der Waals surface area contributed by atoms with E-state index in [-0.39, 0.29) is 0 Å². The number of hydrogen-bond acceptors (Lipinski definition) is 0. The third-order valence-electron chi connectivity index (χ3n) is 1.95. The van der Waals surface area contributed by atoms with Gasteiger partial charge in [0.1, 0.15) is 0 Å². The Morgan fingerprint density at radius 2 is 2.10 bits per heavy atom. The van der Waals surface area contributed by atoms with Gasteiger partial charge in [0.15, 0.2) is 0 Å². The van der Waals surface area contributed by atoms with Crippen molar-refractivity contribution in [3.8, 4) is 0 Å². The van der Waals surface area contributed by atoms with E-state index >= 15 is 0 Å². The van der Waals surface area contributed by atoms with Crippen molar-refractivity contribution in [2.75, 3.05) is 0 Å². The van der Waals surface area contributed by atoms with Crippen LogP contribution >= 0.6 is 0 Å². The molecular formula is C10H10. The van der Waals surface area contributed by atoms with Gasteiger partial charge in [-0.3, -0.25) is 0 Å². The highest BCUT2D eigenvalue weighted by molar-refractivity contribution is 5.54. The zero-order chi connectivity index (χ0) is 6.97. The van der Waals surface area contributed by atoms with Gasteiger partial charge in [0.25, 0.3) is 0 Å². The fraction of sp³-hybridized carbons (Fsp3) is 0.200. The summed E-state index contributed by atoms with van der Waals surface area (Å²) < 4.78 is 0. The normalized spacial score (nSPS) is 20.4. The summed E-state index contributed by atoms with van der Waals surface area (Å²) in [5.74, 6) is 0. The minimum atomic E-state index is 1.08. The van der Waals surface area contributed by atoms with E-state index in [1.54, 1.807) is 0 Å². The molecule has 0 aliphatic heterocycles. The Kier molecular flexibility index (Phi) is 1.13. The SMILES string of the molecule is C=C(C1=CC=CC1)C1=CC1. The Labute approximate surface area is 61.3 Å². The lowest BCUT2D eigenvalue weighted by Gasteiger charge is -1.99. The van der Waals surface area contributed by atoms with E-state index in [1.165, 1.54) is 16.7 Å². The number of allylic oxidation sites excluding steroid dienone is 7. The molecule has 0 bridgehead atoms. The van der Waals surface area contributed by atoms with Crippen molar-refractivity contribution in [3.63, 3.8) is 0 Å². The summed E-state index contributed by atoms with van der Waals surface area (Å²) in [7, 11) is 0. The molecule has 2 aliphatic carbocycles. The van der Waals surface area contributed by atoms with Gasteiger partial charge in [0.2, 0.25) is 0 Å². The van der Waals surface area contributed by atoms with Crippen LogP contribution in [0.15, 0.2) is 47.6 Å². The van der Waals surface area contributed by atoms with E-state index in [9.17, 15) is 0 Å². The lowest BCUT2D eigenvalue weighted by molar-refractivity contribution is 1.27. The standard InChI is InChI=1S/C10H10/c1-8(10-6-7-10)9-4-2-3-5-9/h2-4,6H,1,5,7H2. The van der Waals surface area contributed by atoms with E-state index in [0.29, 0.717) is 0 Å². The van der Waals surface area contributed by atoms with Crippen molar-refractivity contribution < 1.29 is 0 Å². The van der Waals surface area contributed by atoms with Crippen LogP contribution in [0, 0.1) is 0 Å². The second-order valence-corrected chi connectivity index (χ2v) is 2.74. The van der Waals surface area contributed by atoms with Crippen LogP contribution in [0.4, 0.5) is 0 Å². The molecule has 0 radical (unpaired) electrons. The molecule has 0 fully saturated rings. The van der Waals surface area contributed by atoms with Gasteiger partial charge in [-0.15, -0.1) is 0 Å². The monoisotopic (exact) mass is 130 g/mol. The fourth-order valence-electron chi connectivity index (χ4n) is 1.17. The molecule has 2 rings (SSSR count). The average Bonchev–Trinajstić information content (AvgIpc) is 2.65. The van der Waals surface area contributed by atoms with Crippen LogP contribution in [0.3, 0.4) is 0 Å². The fourth-order valence-corrected chi connectivity index (χ4v) is 1.17. The van der Waals surface area contributed by atoms with Crippen LogP contribution in [-0.4, -0.2) is 0 Å². The van der Waals surface area contributed by atoms with Gasteiger partial charge in [-0.2, -0.15) is 0 Å². The third kappa shape index (κ3) is 0.860. The van der Waals surface area contributed by atoms with Crippen LogP contribution in [0.2, 0.25) is 0 Å². The van der Waals surface area contributed by atoms with E-state index in [2.05, 4.69) is 30.9 Å². The Morgan fingerprint density at radius 3 is 2.60 bits per heavy atom. The Hall–Kier alpha value is -1.04. The van der Waals surface area contributed by atoms with Gasteiger partial charge < -0.3 is 0 Å². The average molecular weight is 130 g/mol. The molecule has 2 aliphatic rings. The minimum Gasteiger partial charge on any atom is -0.0912 e. The lowest BCUT2D eigenvalue weighted by atomic mass is 10.1. The largest absolute Gasteiger partial charge is 0.0912 e. The number of hydrogen-bond donors (Lipinski definition) is 0. The van der Waals surface area contributed by atoms with Crippen molar-refractivity contribution in [2.24, 2.45) is 0 Å². The van der Waals surface area contributed by atoms with Crippen molar-refractivity contribution in [3.05, 3.63) is 47.6 Å². The first-order valence-corrected chi connectivity index (χ1v) is 3.62. The molecule has 0 nitrogen and oxygen atoms in total. The molecule has 0 atom stereocenters. The van der Waals surface area contributed by atoms with Crippen LogP contribution in [0.25, 0.3) is 0 Å². The second-order valence-electron chi connectivity index (χ2n) is 2.74. The summed E-state index contributed by atoms with van der Waals surface area (Å²) in [5.41, 5.74) is 4.09. The third-order valence-corrected chi connectivity index (χ3v) is 1.95. The summed E-state index contributed by atoms with van der Waals surface area (Å²) in [6.07, 6.45) is 10.9. The molecule has 0 amide bonds. The Balaban J connectivity index is 2.12. The maximum atomic E-state index is 4.02. The summed E-state index contributed by atoms with van der Waals surface area (Å²) in [5, 5.41) is 0. The van der Waals surface area contributed by atoms with Crippen molar-refractivity contribution in [1.82, 2.24) is 0 Å². The van der Waals surface area contributed by atoms with Crippen LogP contribution in [-0.2, 0) is 0 Å². The molecule has 0 aromatic rings. The van der Waals surface area contributed by atoms with Crippen LogP contribution in [0.5, 0.6) is 0 Å². The van der Waals surface area contributed by atoms with E-state index in [1.807, 2.05) is 0 Å². The summed E-state index contributed by atoms with van der Waals surface area (Å²) in [6, 6.07) is 0. The predicted octanol–water partition coefficient (Wildman–Crippen LogP) is 2.76. The minimum absolute atomic E-state index is 1.08. The highest BCUT2D eigenvalue weighted by atomic mass is 14.2. The van der Waals surface area contributed by atoms with E-state index in [0.717, 1.165) is 12.8 Å². The van der Waals surface area contributed by atoms with Gasteiger partial charge in [0, 0.05) is 0 Å². The van der Waals surface area contributed by atoms with Crippen LogP contribution < -0.4 is 0 Å². The topological polar surface area (TPSA) is 0 Å². The van der Waals surface area contributed by atoms with Crippen molar-refractivity contribution in [2.45, 2.75) is 12.8 Å². The smallest absolute Gasteiger partial charge is 0.00885 e. The van der Waals surface area contributed by atoms with E-state index < -0.39 is 0 Å². The molecule has 50 valence electrons. The molecule has 0 heterocycles. The second kappa shape index (κ2) is 1.98. The first-order chi connectivity index (χ1) is 4.88. The Bertz CT molecular complexity index is 262. The molecule has 0 unspecified atom stereocenters. The highest BCUT2D eigenvalue weighted by Gasteiger charge is 2.14. The summed E-state index contributed by atoms with van der Waals surface area (Å²) in [4.78, 5) is 0. The summed E-state index contributed by atoms with van der Waals surface area (Å²) in [6.45, 7) is 4.02. The molecule has 0 heteroatoms. The zero-order valence-electron chi connectivity index (χ0n) is 5.93. The molecule has 0 saturated heterocycles.